The number of thiophene rings is 1. The number of nitrogens with two attached hydrogens (primary N) is 1. The number of thioether (sulfide) groups is 1. The van der Waals surface area contributed by atoms with Crippen molar-refractivity contribution in [1.29, 1.82) is 0 Å². The molecular formula is C19H20FN3OS2. The summed E-state index contributed by atoms with van der Waals surface area (Å²) in [6.07, 6.45) is 3.30. The minimum Gasteiger partial charge on any atom is -0.383 e. The second kappa shape index (κ2) is 7.50. The van der Waals surface area contributed by atoms with E-state index < -0.39 is 0 Å². The van der Waals surface area contributed by atoms with E-state index in [1.54, 1.807) is 17.4 Å². The number of benzene rings is 1. The van der Waals surface area contributed by atoms with E-state index in [1.165, 1.54) is 34.3 Å². The van der Waals surface area contributed by atoms with Crippen LogP contribution in [0.4, 0.5) is 10.2 Å². The molecule has 0 saturated heterocycles. The summed E-state index contributed by atoms with van der Waals surface area (Å²) in [7, 11) is 0. The van der Waals surface area contributed by atoms with E-state index in [-0.39, 0.29) is 11.9 Å². The fourth-order valence-corrected chi connectivity index (χ4v) is 5.25. The van der Waals surface area contributed by atoms with Crippen LogP contribution in [-0.2, 0) is 23.5 Å². The van der Waals surface area contributed by atoms with Crippen molar-refractivity contribution in [2.24, 2.45) is 0 Å². The smallest absolute Gasteiger partial charge is 0.191 e. The number of nitrogens with zero attached hydrogens (tertiary/aromatic N) is 2. The highest BCUT2D eigenvalue weighted by Crippen LogP contribution is 2.39. The molecule has 136 valence electrons. The van der Waals surface area contributed by atoms with E-state index in [1.807, 2.05) is 6.07 Å². The second-order valence-electron chi connectivity index (χ2n) is 6.42. The van der Waals surface area contributed by atoms with Gasteiger partial charge in [0.05, 0.1) is 18.1 Å². The summed E-state index contributed by atoms with van der Waals surface area (Å²) in [6.45, 7) is 2.80. The van der Waals surface area contributed by atoms with Crippen LogP contribution in [0.25, 0.3) is 10.2 Å². The number of anilines is 1. The molecule has 0 unspecified atom stereocenters. The molecule has 0 spiro atoms. The fraction of sp³-hybridized carbons (Fsp3) is 0.368. The normalized spacial score (nSPS) is 16.8. The predicted molar refractivity (Wildman–Crippen MR) is 105 cm³/mol. The molecule has 0 fully saturated rings. The molecule has 1 aliphatic heterocycles. The molecule has 4 nitrogen and oxygen atoms in total. The van der Waals surface area contributed by atoms with Crippen molar-refractivity contribution in [3.8, 4) is 0 Å². The van der Waals surface area contributed by atoms with Crippen LogP contribution in [0.15, 0.2) is 29.4 Å². The van der Waals surface area contributed by atoms with Gasteiger partial charge in [0.25, 0.3) is 0 Å². The number of rotatable bonds is 5. The van der Waals surface area contributed by atoms with Gasteiger partial charge in [-0.25, -0.2) is 14.4 Å². The first kappa shape index (κ1) is 17.7. The highest BCUT2D eigenvalue weighted by Gasteiger charge is 2.25. The SMILES string of the molecule is CCC[C@@H]1Cc2c(sc3nc(SCc4cccc(F)c4)nc(N)c23)CO1. The Morgan fingerprint density at radius 3 is 3.08 bits per heavy atom. The van der Waals surface area contributed by atoms with E-state index in [4.69, 9.17) is 15.5 Å². The molecule has 26 heavy (non-hydrogen) atoms. The average molecular weight is 390 g/mol. The van der Waals surface area contributed by atoms with Crippen LogP contribution in [0.1, 0.15) is 35.8 Å². The number of fused-ring (bicyclic) bond motifs is 3. The van der Waals surface area contributed by atoms with Crippen molar-refractivity contribution in [2.75, 3.05) is 5.73 Å². The Labute approximate surface area is 160 Å². The average Bonchev–Trinajstić information content (AvgIpc) is 2.98. The quantitative estimate of drug-likeness (QED) is 0.494. The highest BCUT2D eigenvalue weighted by atomic mass is 32.2. The molecule has 0 aliphatic carbocycles. The molecule has 4 rings (SSSR count). The summed E-state index contributed by atoms with van der Waals surface area (Å²) in [5.41, 5.74) is 8.44. The number of aromatic nitrogens is 2. The van der Waals surface area contributed by atoms with Gasteiger partial charge in [-0.2, -0.15) is 0 Å². The van der Waals surface area contributed by atoms with Crippen LogP contribution in [-0.4, -0.2) is 16.1 Å². The molecule has 1 atom stereocenters. The van der Waals surface area contributed by atoms with Crippen LogP contribution in [0.5, 0.6) is 0 Å². The molecule has 0 bridgehead atoms. The van der Waals surface area contributed by atoms with Crippen LogP contribution >= 0.6 is 23.1 Å². The van der Waals surface area contributed by atoms with E-state index in [0.29, 0.717) is 23.3 Å². The zero-order valence-electron chi connectivity index (χ0n) is 14.5. The van der Waals surface area contributed by atoms with Crippen LogP contribution < -0.4 is 5.73 Å². The predicted octanol–water partition coefficient (Wildman–Crippen LogP) is 4.95. The molecule has 7 heteroatoms. The number of hydrogen-bond acceptors (Lipinski definition) is 6. The van der Waals surface area contributed by atoms with Gasteiger partial charge in [0.15, 0.2) is 5.16 Å². The van der Waals surface area contributed by atoms with E-state index in [0.717, 1.165) is 35.0 Å². The van der Waals surface area contributed by atoms with Crippen molar-refractivity contribution < 1.29 is 9.13 Å². The van der Waals surface area contributed by atoms with E-state index in [2.05, 4.69) is 11.9 Å². The highest BCUT2D eigenvalue weighted by molar-refractivity contribution is 7.98. The maximum absolute atomic E-state index is 13.3. The van der Waals surface area contributed by atoms with Crippen molar-refractivity contribution in [3.63, 3.8) is 0 Å². The first-order valence-electron chi connectivity index (χ1n) is 8.70. The lowest BCUT2D eigenvalue weighted by Gasteiger charge is -2.22. The zero-order chi connectivity index (χ0) is 18.1. The maximum Gasteiger partial charge on any atom is 0.191 e. The first-order valence-corrected chi connectivity index (χ1v) is 10.5. The molecular weight excluding hydrogens is 369 g/mol. The van der Waals surface area contributed by atoms with E-state index in [9.17, 15) is 4.39 Å². The molecule has 3 heterocycles. The second-order valence-corrected chi connectivity index (χ2v) is 8.45. The van der Waals surface area contributed by atoms with Gasteiger partial charge < -0.3 is 10.5 Å². The Balaban J connectivity index is 1.59. The fourth-order valence-electron chi connectivity index (χ4n) is 3.27. The van der Waals surface area contributed by atoms with Gasteiger partial charge in [0.1, 0.15) is 16.5 Å². The van der Waals surface area contributed by atoms with E-state index >= 15 is 0 Å². The standard InChI is InChI=1S/C19H20FN3OS2/c1-2-4-13-8-14-15(9-24-13)26-18-16(14)17(21)22-19(23-18)25-10-11-5-3-6-12(20)7-11/h3,5-7,13H,2,4,8-10H2,1H3,(H2,21,22,23)/t13-/m1/s1. The Morgan fingerprint density at radius 2 is 2.27 bits per heavy atom. The molecule has 2 aromatic heterocycles. The molecule has 1 aliphatic rings. The number of hydrogen-bond donors (Lipinski definition) is 1. The van der Waals surface area contributed by atoms with Crippen LogP contribution in [0.3, 0.4) is 0 Å². The third-order valence-corrected chi connectivity index (χ3v) is 6.51. The number of nitrogen functional groups attached to an aromatic ring is 1. The van der Waals surface area contributed by atoms with Gasteiger partial charge in [-0.1, -0.05) is 37.2 Å². The van der Waals surface area contributed by atoms with Crippen molar-refractivity contribution >= 4 is 39.1 Å². The number of ether oxygens (including phenoxy) is 1. The lowest BCUT2D eigenvalue weighted by molar-refractivity contribution is 0.0254. The summed E-state index contributed by atoms with van der Waals surface area (Å²) in [5, 5.41) is 1.62. The van der Waals surface area contributed by atoms with Gasteiger partial charge in [-0.15, -0.1) is 11.3 Å². The van der Waals surface area contributed by atoms with Gasteiger partial charge in [0.2, 0.25) is 0 Å². The third-order valence-electron chi connectivity index (χ3n) is 4.49. The largest absolute Gasteiger partial charge is 0.383 e. The Morgan fingerprint density at radius 1 is 1.38 bits per heavy atom. The van der Waals surface area contributed by atoms with Crippen molar-refractivity contribution in [3.05, 3.63) is 46.1 Å². The van der Waals surface area contributed by atoms with Gasteiger partial charge in [-0.3, -0.25) is 0 Å². The molecule has 0 saturated carbocycles. The summed E-state index contributed by atoms with van der Waals surface area (Å²) in [6, 6.07) is 6.58. The van der Waals surface area contributed by atoms with Gasteiger partial charge in [-0.05, 0) is 29.7 Å². The topological polar surface area (TPSA) is 61.0 Å². The van der Waals surface area contributed by atoms with Crippen LogP contribution in [0.2, 0.25) is 0 Å². The maximum atomic E-state index is 13.3. The third kappa shape index (κ3) is 3.56. The zero-order valence-corrected chi connectivity index (χ0v) is 16.1. The Hall–Kier alpha value is -1.70. The van der Waals surface area contributed by atoms with Crippen molar-refractivity contribution in [1.82, 2.24) is 9.97 Å². The molecule has 3 aromatic rings. The summed E-state index contributed by atoms with van der Waals surface area (Å²) >= 11 is 3.12. The monoisotopic (exact) mass is 389 g/mol. The molecule has 0 amide bonds. The van der Waals surface area contributed by atoms with Gasteiger partial charge in [0, 0.05) is 17.1 Å². The van der Waals surface area contributed by atoms with Gasteiger partial charge >= 0.3 is 0 Å². The minimum atomic E-state index is -0.230. The summed E-state index contributed by atoms with van der Waals surface area (Å²) in [4.78, 5) is 11.3. The van der Waals surface area contributed by atoms with Crippen LogP contribution in [0, 0.1) is 5.82 Å². The lowest BCUT2D eigenvalue weighted by atomic mass is 10.0. The van der Waals surface area contributed by atoms with Crippen molar-refractivity contribution in [2.45, 2.75) is 49.8 Å². The summed E-state index contributed by atoms with van der Waals surface area (Å²) in [5.74, 6) is 0.910. The Kier molecular flexibility index (Phi) is 5.11. The lowest BCUT2D eigenvalue weighted by Crippen LogP contribution is -2.21. The number of halogens is 1. The molecule has 1 aromatic carbocycles. The molecule has 2 N–H and O–H groups in total. The minimum absolute atomic E-state index is 0.230. The Bertz CT molecular complexity index is 944. The summed E-state index contributed by atoms with van der Waals surface area (Å²) < 4.78 is 19.3. The molecule has 0 radical (unpaired) electrons. The first-order chi connectivity index (χ1) is 12.6.